The van der Waals surface area contributed by atoms with E-state index in [1.165, 1.54) is 0 Å². The highest BCUT2D eigenvalue weighted by Gasteiger charge is 2.60. The summed E-state index contributed by atoms with van der Waals surface area (Å²) in [6.07, 6.45) is -0.706. The van der Waals surface area contributed by atoms with Crippen molar-refractivity contribution in [2.24, 2.45) is 17.8 Å². The number of carbonyl (C=O) groups excluding carboxylic acids is 3. The highest BCUT2D eigenvalue weighted by atomic mass is 16.5. The second-order valence-electron chi connectivity index (χ2n) is 8.95. The number of likely N-dealkylation sites (tertiary alicyclic amines) is 1. The Morgan fingerprint density at radius 1 is 0.882 bits per heavy atom. The lowest BCUT2D eigenvalue weighted by molar-refractivity contribution is -0.140. The van der Waals surface area contributed by atoms with E-state index in [4.69, 9.17) is 9.84 Å². The highest BCUT2D eigenvalue weighted by Crippen LogP contribution is 2.51. The summed E-state index contributed by atoms with van der Waals surface area (Å²) in [6.45, 7) is 0.468. The van der Waals surface area contributed by atoms with Gasteiger partial charge in [-0.25, -0.2) is 4.79 Å². The highest BCUT2D eigenvalue weighted by molar-refractivity contribution is 5.88. The summed E-state index contributed by atoms with van der Waals surface area (Å²) in [4.78, 5) is 49.0. The summed E-state index contributed by atoms with van der Waals surface area (Å²) in [5, 5.41) is 13.9. The number of hydrogen-bond donors (Lipinski definition) is 3. The van der Waals surface area contributed by atoms with Gasteiger partial charge >= 0.3 is 12.1 Å². The second kappa shape index (κ2) is 8.81. The van der Waals surface area contributed by atoms with E-state index in [0.29, 0.717) is 13.1 Å². The van der Waals surface area contributed by atoms with E-state index in [1.54, 1.807) is 4.90 Å². The predicted molar refractivity (Wildman–Crippen MR) is 121 cm³/mol. The summed E-state index contributed by atoms with van der Waals surface area (Å²) in [7, 11) is 0. The lowest BCUT2D eigenvalue weighted by Gasteiger charge is -2.19. The third-order valence-electron chi connectivity index (χ3n) is 7.01. The second-order valence-corrected chi connectivity index (χ2v) is 8.95. The lowest BCUT2D eigenvalue weighted by atomic mass is 9.98. The van der Waals surface area contributed by atoms with E-state index < -0.39 is 18.0 Å². The number of carboxylic acid groups (broad SMARTS) is 1. The molecule has 0 bridgehead atoms. The number of carbonyl (C=O) groups is 4. The average molecular weight is 463 g/mol. The van der Waals surface area contributed by atoms with Crippen molar-refractivity contribution in [2.45, 2.75) is 5.92 Å². The van der Waals surface area contributed by atoms with E-state index in [9.17, 15) is 19.2 Å². The fourth-order valence-electron chi connectivity index (χ4n) is 5.25. The molecular weight excluding hydrogens is 438 g/mol. The van der Waals surface area contributed by atoms with E-state index in [0.717, 1.165) is 22.3 Å². The third kappa shape index (κ3) is 4.09. The first kappa shape index (κ1) is 21.9. The fourth-order valence-corrected chi connectivity index (χ4v) is 5.25. The summed E-state index contributed by atoms with van der Waals surface area (Å²) in [5.41, 5.74) is 4.46. The maximum absolute atomic E-state index is 12.2. The van der Waals surface area contributed by atoms with Gasteiger partial charge in [0.2, 0.25) is 11.8 Å². The molecule has 3 atom stereocenters. The first-order valence-electron chi connectivity index (χ1n) is 11.3. The molecule has 0 spiro atoms. The van der Waals surface area contributed by atoms with Gasteiger partial charge in [-0.15, -0.1) is 0 Å². The van der Waals surface area contributed by atoms with Crippen molar-refractivity contribution in [3.63, 3.8) is 0 Å². The normalized spacial score (nSPS) is 21.8. The molecule has 3 aliphatic rings. The van der Waals surface area contributed by atoms with Crippen LogP contribution in [0.2, 0.25) is 0 Å². The van der Waals surface area contributed by atoms with Gasteiger partial charge in [-0.05, 0) is 34.1 Å². The van der Waals surface area contributed by atoms with Crippen molar-refractivity contribution >= 4 is 23.9 Å². The topological polar surface area (TPSA) is 125 Å². The number of benzene rings is 2. The van der Waals surface area contributed by atoms with Gasteiger partial charge in [0.25, 0.3) is 0 Å². The molecule has 1 saturated carbocycles. The van der Waals surface area contributed by atoms with Crippen LogP contribution in [0.15, 0.2) is 48.5 Å². The largest absolute Gasteiger partial charge is 0.481 e. The van der Waals surface area contributed by atoms with Gasteiger partial charge < -0.3 is 25.4 Å². The molecule has 9 nitrogen and oxygen atoms in total. The molecule has 1 aliphatic heterocycles. The number of fused-ring (bicyclic) bond motifs is 4. The molecule has 1 saturated heterocycles. The third-order valence-corrected chi connectivity index (χ3v) is 7.01. The van der Waals surface area contributed by atoms with Crippen LogP contribution in [0.3, 0.4) is 0 Å². The molecule has 1 unspecified atom stereocenters. The van der Waals surface area contributed by atoms with E-state index in [1.807, 2.05) is 36.4 Å². The van der Waals surface area contributed by atoms with Crippen LogP contribution in [0.1, 0.15) is 17.0 Å². The van der Waals surface area contributed by atoms with E-state index in [-0.39, 0.29) is 49.3 Å². The smallest absolute Gasteiger partial charge is 0.407 e. The SMILES string of the molecule is O=C(CNC(=O)OCC1c2ccccc2-c2ccccc21)NCC(=O)N1C[C@@H]2C(C(=O)O)[C@@H]2C1. The molecule has 3 N–H and O–H groups in total. The Morgan fingerprint density at radius 3 is 2.06 bits per heavy atom. The molecular formula is C25H25N3O6. The zero-order chi connectivity index (χ0) is 23.8. The molecule has 9 heteroatoms. The number of hydrogen-bond acceptors (Lipinski definition) is 5. The van der Waals surface area contributed by atoms with Crippen LogP contribution in [0.5, 0.6) is 0 Å². The average Bonchev–Trinajstić information content (AvgIpc) is 3.20. The number of aliphatic carboxylic acids is 1. The van der Waals surface area contributed by atoms with Crippen molar-refractivity contribution in [3.8, 4) is 11.1 Å². The van der Waals surface area contributed by atoms with Gasteiger partial charge in [0, 0.05) is 19.0 Å². The van der Waals surface area contributed by atoms with Crippen molar-refractivity contribution in [1.29, 1.82) is 0 Å². The molecule has 5 rings (SSSR count). The van der Waals surface area contributed by atoms with Crippen molar-refractivity contribution < 1.29 is 29.0 Å². The number of rotatable bonds is 7. The molecule has 0 aromatic heterocycles. The minimum atomic E-state index is -0.810. The standard InChI is InChI=1S/C25H25N3O6/c29-21(26-10-22(30)28-11-18-19(12-28)23(18)24(31)32)9-27-25(33)34-13-20-16-7-3-1-5-14(16)15-6-2-4-8-17(15)20/h1-8,18-20,23H,9-13H2,(H,26,29)(H,27,33)(H,31,32)/t18-,19+,23?. The summed E-state index contributed by atoms with van der Waals surface area (Å²) < 4.78 is 5.39. The number of nitrogens with one attached hydrogen (secondary N) is 2. The van der Waals surface area contributed by atoms with Gasteiger partial charge in [-0.3, -0.25) is 14.4 Å². The Labute approximate surface area is 196 Å². The quantitative estimate of drug-likeness (QED) is 0.571. The minimum Gasteiger partial charge on any atom is -0.481 e. The zero-order valence-electron chi connectivity index (χ0n) is 18.4. The molecule has 3 amide bonds. The zero-order valence-corrected chi connectivity index (χ0v) is 18.4. The number of alkyl carbamates (subject to hydrolysis) is 1. The van der Waals surface area contributed by atoms with E-state index >= 15 is 0 Å². The molecule has 2 fully saturated rings. The number of piperidine rings is 1. The molecule has 176 valence electrons. The Balaban J connectivity index is 1.04. The number of ether oxygens (including phenoxy) is 1. The molecule has 1 heterocycles. The van der Waals surface area contributed by atoms with Gasteiger partial charge in [-0.1, -0.05) is 48.5 Å². The monoisotopic (exact) mass is 463 g/mol. The Bertz CT molecular complexity index is 1110. The van der Waals surface area contributed by atoms with Crippen LogP contribution in [0.25, 0.3) is 11.1 Å². The van der Waals surface area contributed by atoms with Crippen molar-refractivity contribution in [2.75, 3.05) is 32.8 Å². The van der Waals surface area contributed by atoms with E-state index in [2.05, 4.69) is 22.8 Å². The minimum absolute atomic E-state index is 0.0207. The molecule has 2 aliphatic carbocycles. The van der Waals surface area contributed by atoms with Crippen molar-refractivity contribution in [1.82, 2.24) is 15.5 Å². The van der Waals surface area contributed by atoms with Gasteiger partial charge in [0.15, 0.2) is 0 Å². The van der Waals surface area contributed by atoms with Gasteiger partial charge in [0.05, 0.1) is 12.5 Å². The maximum Gasteiger partial charge on any atom is 0.407 e. The Morgan fingerprint density at radius 2 is 1.47 bits per heavy atom. The number of carboxylic acids is 1. The van der Waals surface area contributed by atoms with Gasteiger partial charge in [0.1, 0.15) is 13.2 Å². The first-order chi connectivity index (χ1) is 16.4. The van der Waals surface area contributed by atoms with Crippen LogP contribution in [0.4, 0.5) is 4.79 Å². The van der Waals surface area contributed by atoms with Crippen LogP contribution < -0.4 is 10.6 Å². The molecule has 2 aromatic carbocycles. The first-order valence-corrected chi connectivity index (χ1v) is 11.3. The van der Waals surface area contributed by atoms with Crippen LogP contribution in [-0.2, 0) is 19.1 Å². The summed E-state index contributed by atoms with van der Waals surface area (Å²) in [6, 6.07) is 16.0. The van der Waals surface area contributed by atoms with Gasteiger partial charge in [-0.2, -0.15) is 0 Å². The number of amides is 3. The number of nitrogens with zero attached hydrogens (tertiary/aromatic N) is 1. The predicted octanol–water partition coefficient (Wildman–Crippen LogP) is 1.43. The Hall–Kier alpha value is -3.88. The molecule has 0 radical (unpaired) electrons. The van der Waals surface area contributed by atoms with Crippen molar-refractivity contribution in [3.05, 3.63) is 59.7 Å². The van der Waals surface area contributed by atoms with Crippen LogP contribution in [0, 0.1) is 17.8 Å². The fraction of sp³-hybridized carbons (Fsp3) is 0.360. The molecule has 2 aromatic rings. The lowest BCUT2D eigenvalue weighted by Crippen LogP contribution is -2.44. The molecule has 34 heavy (non-hydrogen) atoms. The summed E-state index contributed by atoms with van der Waals surface area (Å²) in [5.74, 6) is -1.95. The maximum atomic E-state index is 12.2. The summed E-state index contributed by atoms with van der Waals surface area (Å²) >= 11 is 0. The Kier molecular flexibility index (Phi) is 5.69. The van der Waals surface area contributed by atoms with Crippen LogP contribution >= 0.6 is 0 Å². The van der Waals surface area contributed by atoms with Crippen LogP contribution in [-0.4, -0.2) is 66.7 Å².